The van der Waals surface area contributed by atoms with Gasteiger partial charge in [0, 0.05) is 22.6 Å². The van der Waals surface area contributed by atoms with Gasteiger partial charge in [-0.2, -0.15) is 0 Å². The average molecular weight is 337 g/mol. The van der Waals surface area contributed by atoms with Gasteiger partial charge in [0.1, 0.15) is 0 Å². The van der Waals surface area contributed by atoms with E-state index < -0.39 is 0 Å². The predicted octanol–water partition coefficient (Wildman–Crippen LogP) is 3.96. The lowest BCUT2D eigenvalue weighted by Gasteiger charge is -2.14. The molecule has 0 radical (unpaired) electrons. The first kappa shape index (κ1) is 16.8. The van der Waals surface area contributed by atoms with Crippen molar-refractivity contribution in [3.05, 3.63) is 69.7 Å². The van der Waals surface area contributed by atoms with Crippen LogP contribution in [0.3, 0.4) is 0 Å². The van der Waals surface area contributed by atoms with Crippen molar-refractivity contribution in [3.63, 3.8) is 0 Å². The quantitative estimate of drug-likeness (QED) is 0.838. The Bertz CT molecular complexity index is 629. The maximum Gasteiger partial charge on any atom is 0.234 e. The van der Waals surface area contributed by atoms with Gasteiger partial charge in [-0.15, -0.1) is 0 Å². The van der Waals surface area contributed by atoms with Crippen LogP contribution >= 0.6 is 23.2 Å². The fourth-order valence-electron chi connectivity index (χ4n) is 2.01. The number of nitrogens with one attached hydrogen (secondary N) is 2. The van der Waals surface area contributed by atoms with E-state index in [1.165, 1.54) is 0 Å². The molecule has 1 amide bonds. The van der Waals surface area contributed by atoms with E-state index in [1.807, 2.05) is 55.5 Å². The van der Waals surface area contributed by atoms with E-state index in [-0.39, 0.29) is 18.5 Å². The monoisotopic (exact) mass is 336 g/mol. The van der Waals surface area contributed by atoms with Crippen LogP contribution in [0.4, 0.5) is 0 Å². The molecule has 2 aromatic carbocycles. The highest BCUT2D eigenvalue weighted by molar-refractivity contribution is 6.31. The Morgan fingerprint density at radius 2 is 1.77 bits per heavy atom. The summed E-state index contributed by atoms with van der Waals surface area (Å²) in [5.41, 5.74) is 1.99. The van der Waals surface area contributed by atoms with Gasteiger partial charge in [0.2, 0.25) is 5.91 Å². The molecule has 0 spiro atoms. The van der Waals surface area contributed by atoms with E-state index in [0.29, 0.717) is 16.6 Å². The van der Waals surface area contributed by atoms with Crippen molar-refractivity contribution >= 4 is 29.1 Å². The van der Waals surface area contributed by atoms with E-state index in [4.69, 9.17) is 23.2 Å². The third-order valence-corrected chi connectivity index (χ3v) is 3.99. The number of amides is 1. The van der Waals surface area contributed by atoms with Crippen molar-refractivity contribution in [2.75, 3.05) is 6.54 Å². The summed E-state index contributed by atoms with van der Waals surface area (Å²) in [6, 6.07) is 15.1. The summed E-state index contributed by atoms with van der Waals surface area (Å²) in [5, 5.41) is 7.39. The molecule has 0 aliphatic heterocycles. The topological polar surface area (TPSA) is 41.1 Å². The summed E-state index contributed by atoms with van der Waals surface area (Å²) < 4.78 is 0. The second kappa shape index (κ2) is 8.18. The van der Waals surface area contributed by atoms with Crippen LogP contribution in [0.2, 0.25) is 10.0 Å². The van der Waals surface area contributed by atoms with Gasteiger partial charge in [-0.25, -0.2) is 0 Å². The molecule has 3 nitrogen and oxygen atoms in total. The van der Waals surface area contributed by atoms with Crippen molar-refractivity contribution in [2.45, 2.75) is 19.5 Å². The molecule has 0 saturated heterocycles. The maximum atomic E-state index is 11.9. The molecule has 0 aliphatic carbocycles. The number of carbonyl (C=O) groups excluding carboxylic acids is 1. The predicted molar refractivity (Wildman–Crippen MR) is 91.2 cm³/mol. The van der Waals surface area contributed by atoms with E-state index >= 15 is 0 Å². The van der Waals surface area contributed by atoms with Gasteiger partial charge in [0.05, 0.1) is 6.54 Å². The van der Waals surface area contributed by atoms with E-state index in [2.05, 4.69) is 10.6 Å². The molecule has 116 valence electrons. The van der Waals surface area contributed by atoms with Crippen LogP contribution in [0.25, 0.3) is 0 Å². The van der Waals surface area contributed by atoms with Gasteiger partial charge < -0.3 is 10.6 Å². The molecule has 1 atom stereocenters. The molecule has 0 heterocycles. The minimum Gasteiger partial charge on any atom is -0.351 e. The molecule has 2 aromatic rings. The number of hydrogen-bond donors (Lipinski definition) is 2. The minimum absolute atomic E-state index is 0.0688. The zero-order valence-corrected chi connectivity index (χ0v) is 13.8. The highest BCUT2D eigenvalue weighted by atomic mass is 35.5. The molecule has 5 heteroatoms. The second-order valence-corrected chi connectivity index (χ2v) is 5.87. The molecule has 0 fully saturated rings. The molecule has 0 unspecified atom stereocenters. The summed E-state index contributed by atoms with van der Waals surface area (Å²) in [4.78, 5) is 11.9. The van der Waals surface area contributed by atoms with Crippen LogP contribution in [-0.4, -0.2) is 12.5 Å². The molecular formula is C17H18Cl2N2O. The zero-order valence-electron chi connectivity index (χ0n) is 12.3. The number of halogens is 2. The fourth-order valence-corrected chi connectivity index (χ4v) is 2.34. The molecular weight excluding hydrogens is 319 g/mol. The van der Waals surface area contributed by atoms with Crippen molar-refractivity contribution in [2.24, 2.45) is 0 Å². The van der Waals surface area contributed by atoms with Crippen molar-refractivity contribution < 1.29 is 4.79 Å². The Balaban J connectivity index is 1.78. The molecule has 22 heavy (non-hydrogen) atoms. The number of benzene rings is 2. The number of hydrogen-bond acceptors (Lipinski definition) is 2. The van der Waals surface area contributed by atoms with Crippen LogP contribution in [0, 0.1) is 0 Å². The van der Waals surface area contributed by atoms with Crippen LogP contribution in [-0.2, 0) is 11.3 Å². The summed E-state index contributed by atoms with van der Waals surface area (Å²) in [6.45, 7) is 2.67. The Morgan fingerprint density at radius 3 is 2.45 bits per heavy atom. The van der Waals surface area contributed by atoms with Crippen LogP contribution < -0.4 is 10.6 Å². The average Bonchev–Trinajstić information content (AvgIpc) is 2.52. The number of rotatable bonds is 6. The maximum absolute atomic E-state index is 11.9. The summed E-state index contributed by atoms with van der Waals surface area (Å²) >= 11 is 11.9. The largest absolute Gasteiger partial charge is 0.351 e. The highest BCUT2D eigenvalue weighted by Gasteiger charge is 2.08. The standard InChI is InChI=1S/C17H18Cl2N2O/c1-12(13-6-8-15(18)9-7-13)20-11-17(22)21-10-14-4-2-3-5-16(14)19/h2-9,12,20H,10-11H2,1H3,(H,21,22)/t12-/m1/s1. The molecule has 0 aromatic heterocycles. The van der Waals surface area contributed by atoms with Gasteiger partial charge in [-0.3, -0.25) is 4.79 Å². The van der Waals surface area contributed by atoms with E-state index in [1.54, 1.807) is 0 Å². The lowest BCUT2D eigenvalue weighted by molar-refractivity contribution is -0.120. The number of carbonyl (C=O) groups is 1. The van der Waals surface area contributed by atoms with Gasteiger partial charge in [-0.05, 0) is 36.2 Å². The van der Waals surface area contributed by atoms with Crippen molar-refractivity contribution in [1.82, 2.24) is 10.6 Å². The SMILES string of the molecule is C[C@@H](NCC(=O)NCc1ccccc1Cl)c1ccc(Cl)cc1. The van der Waals surface area contributed by atoms with Crippen LogP contribution in [0.1, 0.15) is 24.1 Å². The highest BCUT2D eigenvalue weighted by Crippen LogP contribution is 2.16. The Morgan fingerprint density at radius 1 is 1.09 bits per heavy atom. The molecule has 2 rings (SSSR count). The van der Waals surface area contributed by atoms with Crippen molar-refractivity contribution in [3.8, 4) is 0 Å². The zero-order chi connectivity index (χ0) is 15.9. The van der Waals surface area contributed by atoms with Gasteiger partial charge in [-0.1, -0.05) is 53.5 Å². The Hall–Kier alpha value is -1.55. The first-order valence-corrected chi connectivity index (χ1v) is 7.81. The van der Waals surface area contributed by atoms with E-state index in [0.717, 1.165) is 11.1 Å². The molecule has 2 N–H and O–H groups in total. The Labute approximate surface area is 140 Å². The summed E-state index contributed by atoms with van der Waals surface area (Å²) in [7, 11) is 0. The minimum atomic E-state index is -0.0688. The summed E-state index contributed by atoms with van der Waals surface area (Å²) in [6.07, 6.45) is 0. The van der Waals surface area contributed by atoms with Gasteiger partial charge in [0.25, 0.3) is 0 Å². The van der Waals surface area contributed by atoms with E-state index in [9.17, 15) is 4.79 Å². The third-order valence-electron chi connectivity index (χ3n) is 3.37. The normalized spacial score (nSPS) is 12.0. The lowest BCUT2D eigenvalue weighted by Crippen LogP contribution is -2.34. The second-order valence-electron chi connectivity index (χ2n) is 5.02. The lowest BCUT2D eigenvalue weighted by atomic mass is 10.1. The first-order chi connectivity index (χ1) is 10.6. The smallest absolute Gasteiger partial charge is 0.234 e. The van der Waals surface area contributed by atoms with Crippen LogP contribution in [0.15, 0.2) is 48.5 Å². The Kier molecular flexibility index (Phi) is 6.25. The summed E-state index contributed by atoms with van der Waals surface area (Å²) in [5.74, 6) is -0.0688. The van der Waals surface area contributed by atoms with Crippen LogP contribution in [0.5, 0.6) is 0 Å². The third kappa shape index (κ3) is 5.02. The van der Waals surface area contributed by atoms with Gasteiger partial charge >= 0.3 is 0 Å². The molecule has 0 saturated carbocycles. The fraction of sp³-hybridized carbons (Fsp3) is 0.235. The first-order valence-electron chi connectivity index (χ1n) is 7.05. The van der Waals surface area contributed by atoms with Crippen molar-refractivity contribution in [1.29, 1.82) is 0 Å². The molecule has 0 bridgehead atoms. The van der Waals surface area contributed by atoms with Gasteiger partial charge in [0.15, 0.2) is 0 Å². The molecule has 0 aliphatic rings.